The number of carbonyl (C=O) groups excluding carboxylic acids is 1. The predicted molar refractivity (Wildman–Crippen MR) is 121 cm³/mol. The number of hydrogen-bond acceptors (Lipinski definition) is 4. The molecule has 0 aromatic heterocycles. The summed E-state index contributed by atoms with van der Waals surface area (Å²) in [5.74, 6) is -0.352. The Morgan fingerprint density at radius 3 is 2.19 bits per heavy atom. The molecule has 3 rings (SSSR count). The Morgan fingerprint density at radius 2 is 1.66 bits per heavy atom. The maximum absolute atomic E-state index is 14.0. The zero-order chi connectivity index (χ0) is 23.6. The number of piperazine rings is 1. The normalized spacial score (nSPS) is 16.0. The number of ether oxygens (including phenoxy) is 1. The van der Waals surface area contributed by atoms with Crippen LogP contribution in [0.4, 0.5) is 9.18 Å². The number of amides is 2. The molecule has 0 unspecified atom stereocenters. The number of aryl methyl sites for hydroxylation is 3. The van der Waals surface area contributed by atoms with Crippen LogP contribution < -0.4 is 10.1 Å². The van der Waals surface area contributed by atoms with Crippen LogP contribution >= 0.6 is 0 Å². The summed E-state index contributed by atoms with van der Waals surface area (Å²) in [4.78, 5) is 14.6. The van der Waals surface area contributed by atoms with Crippen molar-refractivity contribution in [2.24, 2.45) is 0 Å². The third-order valence-corrected chi connectivity index (χ3v) is 7.95. The van der Waals surface area contributed by atoms with Crippen molar-refractivity contribution < 1.29 is 22.3 Å². The van der Waals surface area contributed by atoms with Gasteiger partial charge < -0.3 is 15.0 Å². The molecule has 0 spiro atoms. The van der Waals surface area contributed by atoms with Crippen LogP contribution in [0.3, 0.4) is 0 Å². The number of benzene rings is 2. The fraction of sp³-hybridized carbons (Fsp3) is 0.435. The highest BCUT2D eigenvalue weighted by molar-refractivity contribution is 7.89. The molecule has 0 saturated carbocycles. The molecule has 32 heavy (non-hydrogen) atoms. The Labute approximate surface area is 189 Å². The van der Waals surface area contributed by atoms with E-state index in [1.807, 2.05) is 19.1 Å². The van der Waals surface area contributed by atoms with E-state index >= 15 is 0 Å². The number of hydrogen-bond donors (Lipinski definition) is 1. The maximum Gasteiger partial charge on any atom is 0.317 e. The number of nitrogens with one attached hydrogen (secondary N) is 1. The number of halogens is 1. The first-order valence-electron chi connectivity index (χ1n) is 10.5. The van der Waals surface area contributed by atoms with Crippen molar-refractivity contribution in [3.63, 3.8) is 0 Å². The Morgan fingerprint density at radius 1 is 1.06 bits per heavy atom. The van der Waals surface area contributed by atoms with Crippen LogP contribution in [-0.2, 0) is 10.0 Å². The SMILES string of the molecule is COc1ccc([C@H](C)NC(=O)N2CCN(S(=O)(=O)c3c(C)cc(C)cc3C)CC2)cc1F. The molecule has 1 saturated heterocycles. The van der Waals surface area contributed by atoms with Crippen molar-refractivity contribution in [1.82, 2.24) is 14.5 Å². The first-order valence-corrected chi connectivity index (χ1v) is 12.0. The Hall–Kier alpha value is -2.65. The van der Waals surface area contributed by atoms with Gasteiger partial charge in [-0.2, -0.15) is 4.31 Å². The van der Waals surface area contributed by atoms with Crippen LogP contribution in [-0.4, -0.2) is 56.9 Å². The van der Waals surface area contributed by atoms with Gasteiger partial charge in [-0.25, -0.2) is 17.6 Å². The van der Waals surface area contributed by atoms with Gasteiger partial charge in [0.15, 0.2) is 11.6 Å². The third kappa shape index (κ3) is 4.88. The summed E-state index contributed by atoms with van der Waals surface area (Å²) in [5.41, 5.74) is 3.08. The summed E-state index contributed by atoms with van der Waals surface area (Å²) in [6, 6.07) is 7.56. The van der Waals surface area contributed by atoms with E-state index in [0.29, 0.717) is 10.5 Å². The maximum atomic E-state index is 14.0. The number of carbonyl (C=O) groups is 1. The molecule has 1 atom stereocenters. The van der Waals surface area contributed by atoms with Crippen LogP contribution in [0.1, 0.15) is 35.2 Å². The van der Waals surface area contributed by atoms with E-state index in [0.717, 1.165) is 16.7 Å². The summed E-state index contributed by atoms with van der Waals surface area (Å²) < 4.78 is 46.8. The molecule has 1 fully saturated rings. The molecular weight excluding hydrogens is 433 g/mol. The zero-order valence-electron chi connectivity index (χ0n) is 19.1. The minimum absolute atomic E-state index is 0.142. The standard InChI is InChI=1S/C23H30FN3O4S/c1-15-12-16(2)22(17(3)13-15)32(29,30)27-10-8-26(9-11-27)23(28)25-18(4)19-6-7-21(31-5)20(24)14-19/h6-7,12-14,18H,8-11H2,1-5H3,(H,25,28)/t18-/m0/s1. The van der Waals surface area contributed by atoms with Gasteiger partial charge in [0.1, 0.15) is 0 Å². The molecule has 1 heterocycles. The van der Waals surface area contributed by atoms with Crippen molar-refractivity contribution in [3.8, 4) is 5.75 Å². The van der Waals surface area contributed by atoms with Crippen molar-refractivity contribution in [1.29, 1.82) is 0 Å². The highest BCUT2D eigenvalue weighted by atomic mass is 32.2. The first kappa shape index (κ1) is 24.0. The van der Waals surface area contributed by atoms with Gasteiger partial charge in [0.2, 0.25) is 10.0 Å². The fourth-order valence-corrected chi connectivity index (χ4v) is 5.98. The van der Waals surface area contributed by atoms with E-state index in [1.54, 1.807) is 31.7 Å². The van der Waals surface area contributed by atoms with Crippen LogP contribution in [0.2, 0.25) is 0 Å². The minimum Gasteiger partial charge on any atom is -0.494 e. The van der Waals surface area contributed by atoms with E-state index in [2.05, 4.69) is 5.32 Å². The molecule has 1 aliphatic rings. The van der Waals surface area contributed by atoms with Crippen LogP contribution in [0, 0.1) is 26.6 Å². The first-order chi connectivity index (χ1) is 15.0. The predicted octanol–water partition coefficient (Wildman–Crippen LogP) is 3.54. The average molecular weight is 464 g/mol. The highest BCUT2D eigenvalue weighted by Gasteiger charge is 2.32. The second-order valence-corrected chi connectivity index (χ2v) is 10.1. The quantitative estimate of drug-likeness (QED) is 0.736. The lowest BCUT2D eigenvalue weighted by Gasteiger charge is -2.35. The molecule has 0 radical (unpaired) electrons. The molecule has 0 bridgehead atoms. The largest absolute Gasteiger partial charge is 0.494 e. The molecule has 1 N–H and O–H groups in total. The Bertz CT molecular complexity index is 1090. The summed E-state index contributed by atoms with van der Waals surface area (Å²) in [6.07, 6.45) is 0. The summed E-state index contributed by atoms with van der Waals surface area (Å²) in [5, 5.41) is 2.85. The lowest BCUT2D eigenvalue weighted by Crippen LogP contribution is -2.53. The number of urea groups is 1. The second kappa shape index (κ2) is 9.46. The number of sulfonamides is 1. The summed E-state index contributed by atoms with van der Waals surface area (Å²) >= 11 is 0. The molecule has 1 aliphatic heterocycles. The van der Waals surface area contributed by atoms with Gasteiger partial charge in [0.05, 0.1) is 18.0 Å². The van der Waals surface area contributed by atoms with Crippen LogP contribution in [0.15, 0.2) is 35.2 Å². The van der Waals surface area contributed by atoms with Crippen molar-refractivity contribution in [2.75, 3.05) is 33.3 Å². The molecule has 0 aliphatic carbocycles. The number of nitrogens with zero attached hydrogens (tertiary/aromatic N) is 2. The van der Waals surface area contributed by atoms with E-state index in [9.17, 15) is 17.6 Å². The monoisotopic (exact) mass is 463 g/mol. The lowest BCUT2D eigenvalue weighted by molar-refractivity contribution is 0.169. The van der Waals surface area contributed by atoms with Gasteiger partial charge in [-0.15, -0.1) is 0 Å². The van der Waals surface area contributed by atoms with Crippen LogP contribution in [0.5, 0.6) is 5.75 Å². The molecule has 9 heteroatoms. The van der Waals surface area contributed by atoms with Crippen molar-refractivity contribution in [3.05, 3.63) is 58.4 Å². The second-order valence-electron chi connectivity index (χ2n) is 8.18. The van der Waals surface area contributed by atoms with Gasteiger partial charge in [-0.1, -0.05) is 23.8 Å². The molecule has 2 aromatic rings. The molecule has 2 amide bonds. The van der Waals surface area contributed by atoms with Gasteiger partial charge >= 0.3 is 6.03 Å². The van der Waals surface area contributed by atoms with E-state index in [-0.39, 0.29) is 38.0 Å². The topological polar surface area (TPSA) is 79.0 Å². The lowest BCUT2D eigenvalue weighted by atomic mass is 10.1. The molecular formula is C23H30FN3O4S. The summed E-state index contributed by atoms with van der Waals surface area (Å²) in [6.45, 7) is 8.30. The van der Waals surface area contributed by atoms with E-state index in [4.69, 9.17) is 4.74 Å². The Kier molecular flexibility index (Phi) is 7.09. The fourth-order valence-electron chi connectivity index (χ4n) is 4.15. The number of methoxy groups -OCH3 is 1. The summed E-state index contributed by atoms with van der Waals surface area (Å²) in [7, 11) is -2.25. The smallest absolute Gasteiger partial charge is 0.317 e. The van der Waals surface area contributed by atoms with E-state index in [1.165, 1.54) is 23.5 Å². The van der Waals surface area contributed by atoms with Gasteiger partial charge in [-0.05, 0) is 56.5 Å². The average Bonchev–Trinajstić information content (AvgIpc) is 2.72. The minimum atomic E-state index is -3.65. The number of rotatable bonds is 5. The zero-order valence-corrected chi connectivity index (χ0v) is 19.9. The van der Waals surface area contributed by atoms with E-state index < -0.39 is 21.9 Å². The highest BCUT2D eigenvalue weighted by Crippen LogP contribution is 2.26. The van der Waals surface area contributed by atoms with Crippen molar-refractivity contribution in [2.45, 2.75) is 38.6 Å². The van der Waals surface area contributed by atoms with Gasteiger partial charge in [0.25, 0.3) is 0 Å². The van der Waals surface area contributed by atoms with Gasteiger partial charge in [0, 0.05) is 26.2 Å². The molecule has 2 aromatic carbocycles. The van der Waals surface area contributed by atoms with Gasteiger partial charge in [-0.3, -0.25) is 0 Å². The van der Waals surface area contributed by atoms with Crippen LogP contribution in [0.25, 0.3) is 0 Å². The molecule has 7 nitrogen and oxygen atoms in total. The van der Waals surface area contributed by atoms with Crippen molar-refractivity contribution >= 4 is 16.1 Å². The third-order valence-electron chi connectivity index (χ3n) is 5.74. The molecule has 174 valence electrons. The Balaban J connectivity index is 1.64.